The van der Waals surface area contributed by atoms with E-state index in [9.17, 15) is 4.79 Å². The quantitative estimate of drug-likeness (QED) is 0.808. The van der Waals surface area contributed by atoms with Gasteiger partial charge in [-0.3, -0.25) is 4.79 Å². The largest absolute Gasteiger partial charge is 0.325 e. The lowest BCUT2D eigenvalue weighted by atomic mass is 9.88. The molecule has 1 N–H and O–H groups in total. The zero-order valence-electron chi connectivity index (χ0n) is 9.96. The normalized spacial score (nSPS) is 29.6. The first-order valence-electron chi connectivity index (χ1n) is 6.39. The van der Waals surface area contributed by atoms with Crippen LogP contribution in [0.25, 0.3) is 0 Å². The number of fused-ring (bicyclic) bond motifs is 2. The van der Waals surface area contributed by atoms with Crippen molar-refractivity contribution in [3.05, 3.63) is 27.1 Å². The van der Waals surface area contributed by atoms with Crippen molar-refractivity contribution < 1.29 is 4.79 Å². The molecule has 3 unspecified atom stereocenters. The Bertz CT molecular complexity index is 489. The number of benzene rings is 1. The van der Waals surface area contributed by atoms with Crippen molar-refractivity contribution in [1.82, 2.24) is 0 Å². The number of hydrogen-bond acceptors (Lipinski definition) is 1. The van der Waals surface area contributed by atoms with Crippen molar-refractivity contribution in [2.75, 3.05) is 5.32 Å². The Labute approximate surface area is 124 Å². The fourth-order valence-electron chi connectivity index (χ4n) is 3.38. The third-order valence-corrected chi connectivity index (χ3v) is 5.41. The van der Waals surface area contributed by atoms with E-state index >= 15 is 0 Å². The monoisotopic (exact) mass is 371 g/mol. The summed E-state index contributed by atoms with van der Waals surface area (Å²) in [6, 6.07) is 5.83. The Morgan fingerprint density at radius 1 is 1.22 bits per heavy atom. The predicted molar refractivity (Wildman–Crippen MR) is 79.4 cm³/mol. The Balaban J connectivity index is 1.71. The molecule has 0 aliphatic heterocycles. The van der Waals surface area contributed by atoms with Gasteiger partial charge in [-0.25, -0.2) is 0 Å². The fourth-order valence-corrected chi connectivity index (χ4v) is 4.53. The van der Waals surface area contributed by atoms with Gasteiger partial charge in [0.1, 0.15) is 0 Å². The smallest absolute Gasteiger partial charge is 0.227 e. The van der Waals surface area contributed by atoms with Gasteiger partial charge in [0.25, 0.3) is 0 Å². The average molecular weight is 373 g/mol. The molecule has 3 atom stereocenters. The summed E-state index contributed by atoms with van der Waals surface area (Å²) in [5.41, 5.74) is 0.867. The molecule has 2 aliphatic rings. The van der Waals surface area contributed by atoms with Crippen LogP contribution in [0, 0.1) is 17.8 Å². The van der Waals surface area contributed by atoms with Crippen LogP contribution in [0.2, 0.25) is 0 Å². The summed E-state index contributed by atoms with van der Waals surface area (Å²) in [5, 5.41) is 3.06. The average Bonchev–Trinajstić information content (AvgIpc) is 2.94. The minimum absolute atomic E-state index is 0.199. The molecule has 18 heavy (non-hydrogen) atoms. The highest BCUT2D eigenvalue weighted by atomic mass is 79.9. The molecule has 2 bridgehead atoms. The minimum Gasteiger partial charge on any atom is -0.325 e. The number of halogens is 2. The molecule has 0 heterocycles. The summed E-state index contributed by atoms with van der Waals surface area (Å²) in [6.07, 6.45) is 4.92. The molecule has 1 amide bonds. The van der Waals surface area contributed by atoms with Crippen LogP contribution in [0.4, 0.5) is 5.69 Å². The number of rotatable bonds is 2. The van der Waals surface area contributed by atoms with Crippen molar-refractivity contribution in [1.29, 1.82) is 0 Å². The summed E-state index contributed by atoms with van der Waals surface area (Å²) in [7, 11) is 0. The standard InChI is InChI=1S/C14H15Br2NO/c15-10-3-4-13(12(16)7-10)17-14(18)11-6-8-1-2-9(11)5-8/h3-4,7-9,11H,1-2,5-6H2,(H,17,18). The molecule has 0 radical (unpaired) electrons. The zero-order chi connectivity index (χ0) is 12.7. The Kier molecular flexibility index (Phi) is 3.50. The Hall–Kier alpha value is -0.350. The van der Waals surface area contributed by atoms with E-state index in [-0.39, 0.29) is 11.8 Å². The number of hydrogen-bond donors (Lipinski definition) is 1. The minimum atomic E-state index is 0.199. The molecule has 2 saturated carbocycles. The van der Waals surface area contributed by atoms with Crippen LogP contribution in [0.1, 0.15) is 25.7 Å². The van der Waals surface area contributed by atoms with Crippen LogP contribution in [0.3, 0.4) is 0 Å². The first-order valence-corrected chi connectivity index (χ1v) is 7.98. The van der Waals surface area contributed by atoms with E-state index in [4.69, 9.17) is 0 Å². The highest BCUT2D eigenvalue weighted by Crippen LogP contribution is 2.48. The zero-order valence-corrected chi connectivity index (χ0v) is 13.1. The van der Waals surface area contributed by atoms with Gasteiger partial charge in [-0.05, 0) is 65.2 Å². The lowest BCUT2D eigenvalue weighted by Crippen LogP contribution is -2.27. The molecular weight excluding hydrogens is 358 g/mol. The van der Waals surface area contributed by atoms with Crippen LogP contribution in [-0.4, -0.2) is 5.91 Å². The van der Waals surface area contributed by atoms with Crippen LogP contribution in [0.15, 0.2) is 27.1 Å². The first-order chi connectivity index (χ1) is 8.63. The third-order valence-electron chi connectivity index (χ3n) is 4.26. The SMILES string of the molecule is O=C(Nc1ccc(Br)cc1Br)C1CC2CCC1C2. The van der Waals surface area contributed by atoms with Crippen LogP contribution in [-0.2, 0) is 4.79 Å². The van der Waals surface area contributed by atoms with E-state index in [1.165, 1.54) is 19.3 Å². The second-order valence-electron chi connectivity index (χ2n) is 5.39. The molecule has 1 aromatic carbocycles. The maximum Gasteiger partial charge on any atom is 0.227 e. The molecule has 1 aromatic rings. The van der Waals surface area contributed by atoms with Gasteiger partial charge in [-0.15, -0.1) is 0 Å². The van der Waals surface area contributed by atoms with Crippen LogP contribution >= 0.6 is 31.9 Å². The molecule has 0 saturated heterocycles. The van der Waals surface area contributed by atoms with Crippen molar-refractivity contribution >= 4 is 43.5 Å². The fraction of sp³-hybridized carbons (Fsp3) is 0.500. The van der Waals surface area contributed by atoms with Gasteiger partial charge in [0, 0.05) is 14.9 Å². The van der Waals surface area contributed by atoms with Gasteiger partial charge in [0.15, 0.2) is 0 Å². The van der Waals surface area contributed by atoms with E-state index < -0.39 is 0 Å². The van der Waals surface area contributed by atoms with Gasteiger partial charge in [-0.1, -0.05) is 22.4 Å². The highest BCUT2D eigenvalue weighted by Gasteiger charge is 2.43. The van der Waals surface area contributed by atoms with E-state index in [1.54, 1.807) is 0 Å². The first kappa shape index (κ1) is 12.7. The summed E-state index contributed by atoms with van der Waals surface area (Å²) >= 11 is 6.89. The number of amides is 1. The second kappa shape index (κ2) is 4.97. The molecule has 96 valence electrons. The maximum absolute atomic E-state index is 12.3. The predicted octanol–water partition coefficient (Wildman–Crippen LogP) is 4.59. The van der Waals surface area contributed by atoms with Crippen molar-refractivity contribution in [3.8, 4) is 0 Å². The number of nitrogens with one attached hydrogen (secondary N) is 1. The topological polar surface area (TPSA) is 29.1 Å². The molecular formula is C14H15Br2NO. The molecule has 2 nitrogen and oxygen atoms in total. The summed E-state index contributed by atoms with van der Waals surface area (Å²) in [4.78, 5) is 12.3. The van der Waals surface area contributed by atoms with E-state index in [1.807, 2.05) is 18.2 Å². The van der Waals surface area contributed by atoms with E-state index in [0.717, 1.165) is 27.0 Å². The molecule has 3 rings (SSSR count). The number of carbonyl (C=O) groups excluding carboxylic acids is 1. The van der Waals surface area contributed by atoms with Crippen molar-refractivity contribution in [2.45, 2.75) is 25.7 Å². The highest BCUT2D eigenvalue weighted by molar-refractivity contribution is 9.11. The van der Waals surface area contributed by atoms with E-state index in [0.29, 0.717) is 5.92 Å². The summed E-state index contributed by atoms with van der Waals surface area (Å²) in [5.74, 6) is 1.87. The molecule has 2 fully saturated rings. The lowest BCUT2D eigenvalue weighted by Gasteiger charge is -2.21. The van der Waals surface area contributed by atoms with Gasteiger partial charge in [0.2, 0.25) is 5.91 Å². The lowest BCUT2D eigenvalue weighted by molar-refractivity contribution is -0.121. The molecule has 0 aromatic heterocycles. The Morgan fingerprint density at radius 3 is 2.67 bits per heavy atom. The second-order valence-corrected chi connectivity index (χ2v) is 7.16. The van der Waals surface area contributed by atoms with Crippen LogP contribution in [0.5, 0.6) is 0 Å². The van der Waals surface area contributed by atoms with Crippen LogP contribution < -0.4 is 5.32 Å². The molecule has 2 aliphatic carbocycles. The summed E-state index contributed by atoms with van der Waals surface area (Å²) < 4.78 is 1.93. The van der Waals surface area contributed by atoms with Gasteiger partial charge in [-0.2, -0.15) is 0 Å². The van der Waals surface area contributed by atoms with Gasteiger partial charge < -0.3 is 5.32 Å². The Morgan fingerprint density at radius 2 is 2.06 bits per heavy atom. The van der Waals surface area contributed by atoms with Gasteiger partial charge in [0.05, 0.1) is 5.69 Å². The van der Waals surface area contributed by atoms with E-state index in [2.05, 4.69) is 37.2 Å². The van der Waals surface area contributed by atoms with Crippen molar-refractivity contribution in [3.63, 3.8) is 0 Å². The van der Waals surface area contributed by atoms with Crippen molar-refractivity contribution in [2.24, 2.45) is 17.8 Å². The molecule has 0 spiro atoms. The van der Waals surface area contributed by atoms with Gasteiger partial charge >= 0.3 is 0 Å². The maximum atomic E-state index is 12.3. The number of carbonyl (C=O) groups is 1. The third kappa shape index (κ3) is 2.37. The summed E-state index contributed by atoms with van der Waals surface area (Å²) in [6.45, 7) is 0. The molecule has 4 heteroatoms. The number of anilines is 1.